The Labute approximate surface area is 624 Å². The predicted molar refractivity (Wildman–Crippen MR) is 453 cm³/mol. The maximum atomic E-state index is 2.73. The largest absolute Gasteiger partial charge is 0.310 e. The number of rotatable bonds is 6. The van der Waals surface area contributed by atoms with E-state index in [1.165, 1.54) is 94.0 Å². The standard InChI is InChI=1S/C102H82BN3/c1-100(2,3)78-59-83(68-36-22-13-23-37-68)97-85(61-78)75-42-28-40-70(52-75)72-46-49-91-87(54-72)88-56-77(55-82(67-34-20-12-21-35-67)99(88)104(91)81-44-26-15-27-45-81)71-41-29-43-76(53-71)86-62-79(101(4,5)6)60-84(69-38-24-14-25-39-69)98(86)106-93-51-48-74(66-32-18-11-19-33-66)58-90(93)103-89-57-73(65-30-16-10-17-31-65)47-50-92(89)105(97)94-63-80(102(7,8)9)64-95(106)96(94)103/h10-64H,1-9H3. The highest BCUT2D eigenvalue weighted by molar-refractivity contribution is 7.00. The van der Waals surface area contributed by atoms with Gasteiger partial charge in [-0.25, -0.2) is 0 Å². The van der Waals surface area contributed by atoms with Crippen molar-refractivity contribution in [1.29, 1.82) is 0 Å². The van der Waals surface area contributed by atoms with Crippen molar-refractivity contribution >= 4 is 79.0 Å². The van der Waals surface area contributed by atoms with Gasteiger partial charge < -0.3 is 14.4 Å². The van der Waals surface area contributed by atoms with Crippen molar-refractivity contribution in [3.63, 3.8) is 0 Å². The molecule has 4 heterocycles. The summed E-state index contributed by atoms with van der Waals surface area (Å²) in [5.41, 5.74) is 38.0. The molecule has 1 aromatic heterocycles. The molecule has 508 valence electrons. The molecule has 0 saturated heterocycles. The predicted octanol–water partition coefficient (Wildman–Crippen LogP) is 26.1. The van der Waals surface area contributed by atoms with Gasteiger partial charge in [-0.05, 0) is 219 Å². The van der Waals surface area contributed by atoms with Gasteiger partial charge in [-0.2, -0.15) is 0 Å². The maximum absolute atomic E-state index is 2.73. The van der Waals surface area contributed by atoms with Crippen LogP contribution >= 0.6 is 0 Å². The third-order valence-corrected chi connectivity index (χ3v) is 22.7. The number of nitrogens with zero attached hydrogens (tertiary/aromatic N) is 3. The molecule has 3 aliphatic heterocycles. The number of hydrogen-bond donors (Lipinski definition) is 0. The van der Waals surface area contributed by atoms with Crippen LogP contribution in [-0.2, 0) is 16.2 Å². The summed E-state index contributed by atoms with van der Waals surface area (Å²) in [5, 5.41) is 2.38. The van der Waals surface area contributed by atoms with Crippen LogP contribution in [0.5, 0.6) is 0 Å². The minimum absolute atomic E-state index is 0.225. The van der Waals surface area contributed by atoms with Crippen LogP contribution in [0.15, 0.2) is 334 Å². The molecule has 0 radical (unpaired) electrons. The number of benzene rings is 15. The van der Waals surface area contributed by atoms with Crippen LogP contribution in [0, 0.1) is 0 Å². The van der Waals surface area contributed by atoms with Crippen LogP contribution in [0.2, 0.25) is 0 Å². The van der Waals surface area contributed by atoms with E-state index in [9.17, 15) is 0 Å². The van der Waals surface area contributed by atoms with E-state index in [2.05, 4.69) is 410 Å². The van der Waals surface area contributed by atoms with Gasteiger partial charge in [-0.1, -0.05) is 299 Å². The molecular weight excluding hydrogens is 1280 g/mol. The van der Waals surface area contributed by atoms with Crippen molar-refractivity contribution in [2.45, 2.75) is 78.6 Å². The molecule has 3 aliphatic rings. The van der Waals surface area contributed by atoms with Crippen LogP contribution in [0.25, 0.3) is 128 Å². The van der Waals surface area contributed by atoms with Gasteiger partial charge in [0, 0.05) is 67.0 Å². The molecular formula is C102H82BN3. The number of aromatic nitrogens is 1. The van der Waals surface area contributed by atoms with E-state index in [0.717, 1.165) is 101 Å². The first-order valence-electron chi connectivity index (χ1n) is 37.6. The molecule has 13 bridgehead atoms. The molecule has 0 amide bonds. The van der Waals surface area contributed by atoms with E-state index in [1.807, 2.05) is 0 Å². The van der Waals surface area contributed by atoms with Gasteiger partial charge in [-0.15, -0.1) is 0 Å². The second kappa shape index (κ2) is 24.7. The number of fused-ring (bicyclic) bond motifs is 20. The van der Waals surface area contributed by atoms with Crippen molar-refractivity contribution in [3.05, 3.63) is 350 Å². The monoisotopic (exact) mass is 1360 g/mol. The molecule has 0 saturated carbocycles. The lowest BCUT2D eigenvalue weighted by molar-refractivity contribution is 0.590. The van der Waals surface area contributed by atoms with Crippen molar-refractivity contribution in [1.82, 2.24) is 4.57 Å². The van der Waals surface area contributed by atoms with Gasteiger partial charge in [0.05, 0.1) is 22.4 Å². The summed E-state index contributed by atoms with van der Waals surface area (Å²) in [7, 11) is 0. The van der Waals surface area contributed by atoms with E-state index in [-0.39, 0.29) is 23.0 Å². The van der Waals surface area contributed by atoms with Gasteiger partial charge in [0.2, 0.25) is 0 Å². The third kappa shape index (κ3) is 10.8. The topological polar surface area (TPSA) is 11.4 Å². The van der Waals surface area contributed by atoms with Crippen molar-refractivity contribution in [2.75, 3.05) is 9.80 Å². The molecule has 106 heavy (non-hydrogen) atoms. The minimum Gasteiger partial charge on any atom is -0.310 e. The Morgan fingerprint density at radius 1 is 0.236 bits per heavy atom. The van der Waals surface area contributed by atoms with Crippen molar-refractivity contribution in [3.8, 4) is 106 Å². The Morgan fingerprint density at radius 3 is 1.02 bits per heavy atom. The fourth-order valence-electron chi connectivity index (χ4n) is 17.2. The first-order chi connectivity index (χ1) is 51.5. The Morgan fingerprint density at radius 2 is 0.575 bits per heavy atom. The average molecular weight is 1360 g/mol. The van der Waals surface area contributed by atoms with Crippen molar-refractivity contribution < 1.29 is 0 Å². The molecule has 0 aliphatic carbocycles. The first-order valence-corrected chi connectivity index (χ1v) is 37.6. The lowest BCUT2D eigenvalue weighted by Gasteiger charge is -2.47. The Kier molecular flexibility index (Phi) is 15.1. The molecule has 0 unspecified atom stereocenters. The van der Waals surface area contributed by atoms with Crippen LogP contribution in [-0.4, -0.2) is 11.3 Å². The Hall–Kier alpha value is -12.2. The van der Waals surface area contributed by atoms with Gasteiger partial charge >= 0.3 is 0 Å². The summed E-state index contributed by atoms with van der Waals surface area (Å²) in [4.78, 5) is 5.47. The molecule has 15 aromatic carbocycles. The van der Waals surface area contributed by atoms with Gasteiger partial charge in [0.1, 0.15) is 0 Å². The zero-order chi connectivity index (χ0) is 71.9. The molecule has 19 rings (SSSR count). The van der Waals surface area contributed by atoms with E-state index in [4.69, 9.17) is 0 Å². The highest BCUT2D eigenvalue weighted by atomic mass is 15.2. The van der Waals surface area contributed by atoms with E-state index < -0.39 is 0 Å². The van der Waals surface area contributed by atoms with E-state index in [1.54, 1.807) is 0 Å². The molecule has 0 atom stereocenters. The summed E-state index contributed by atoms with van der Waals surface area (Å²) in [6.07, 6.45) is 0. The third-order valence-electron chi connectivity index (χ3n) is 22.7. The summed E-state index contributed by atoms with van der Waals surface area (Å²) < 4.78 is 2.51. The molecule has 0 fully saturated rings. The number of para-hydroxylation sites is 1. The molecule has 0 spiro atoms. The van der Waals surface area contributed by atoms with Crippen molar-refractivity contribution in [2.24, 2.45) is 0 Å². The molecule has 4 heteroatoms. The first kappa shape index (κ1) is 64.6. The second-order valence-electron chi connectivity index (χ2n) is 32.5. The van der Waals surface area contributed by atoms with Gasteiger partial charge in [0.15, 0.2) is 0 Å². The van der Waals surface area contributed by atoms with E-state index >= 15 is 0 Å². The average Bonchev–Trinajstić information content (AvgIpc) is 0.817. The molecule has 3 nitrogen and oxygen atoms in total. The zero-order valence-electron chi connectivity index (χ0n) is 61.7. The Balaban J connectivity index is 1.04. The summed E-state index contributed by atoms with van der Waals surface area (Å²) in [6, 6.07) is 128. The van der Waals surface area contributed by atoms with E-state index in [0.29, 0.717) is 0 Å². The Bertz CT molecular complexity index is 6170. The van der Waals surface area contributed by atoms with Crippen LogP contribution in [0.3, 0.4) is 0 Å². The highest BCUT2D eigenvalue weighted by Crippen LogP contribution is 2.56. The smallest absolute Gasteiger partial charge is 0.252 e. The normalized spacial score (nSPS) is 12.9. The highest BCUT2D eigenvalue weighted by Gasteiger charge is 2.47. The quantitative estimate of drug-likeness (QED) is 0.154. The molecule has 0 N–H and O–H groups in total. The lowest BCUT2D eigenvalue weighted by Crippen LogP contribution is -2.61. The fraction of sp³-hybridized carbons (Fsp3) is 0.118. The summed E-state index contributed by atoms with van der Waals surface area (Å²) in [5.74, 6) is 0. The second-order valence-corrected chi connectivity index (χ2v) is 32.5. The minimum atomic E-state index is -0.313. The summed E-state index contributed by atoms with van der Waals surface area (Å²) in [6.45, 7) is 21.2. The number of anilines is 6. The van der Waals surface area contributed by atoms with Gasteiger partial charge in [0.25, 0.3) is 6.71 Å². The zero-order valence-corrected chi connectivity index (χ0v) is 61.7. The maximum Gasteiger partial charge on any atom is 0.252 e. The van der Waals surface area contributed by atoms with Crippen LogP contribution in [0.1, 0.15) is 79.0 Å². The van der Waals surface area contributed by atoms with Gasteiger partial charge in [-0.3, -0.25) is 0 Å². The summed E-state index contributed by atoms with van der Waals surface area (Å²) >= 11 is 0. The van der Waals surface area contributed by atoms with Crippen LogP contribution < -0.4 is 26.2 Å². The number of hydrogen-bond acceptors (Lipinski definition) is 2. The molecule has 16 aromatic rings. The SMILES string of the molecule is CC(C)(C)c1cc(-c2ccccc2)c2c(c1)-c1cccc(c1)-c1ccc3c(c1)c1cc(cc(-c4ccccc4)c1n3-c1ccccc1)-c1cccc(c1)-c1cc(C(C)(C)C)cc(-c3ccccc3)c1N1c3ccc(-c4ccccc4)cc3B3c4cc(-c5ccccc5)ccc4N2c2cc(C(C)(C)C)cc1c23. The fourth-order valence-corrected chi connectivity index (χ4v) is 17.2. The van der Waals surface area contributed by atoms with Crippen LogP contribution in [0.4, 0.5) is 34.1 Å². The lowest BCUT2D eigenvalue weighted by atomic mass is 9.33.